The lowest BCUT2D eigenvalue weighted by Gasteiger charge is -2.14. The second-order valence-electron chi connectivity index (χ2n) is 6.93. The number of benzene rings is 1. The third-order valence-corrected chi connectivity index (χ3v) is 6.94. The lowest BCUT2D eigenvalue weighted by Crippen LogP contribution is -2.29. The summed E-state index contributed by atoms with van der Waals surface area (Å²) in [5.41, 5.74) is 2.00. The van der Waals surface area contributed by atoms with E-state index in [1.807, 2.05) is 13.8 Å². The molecule has 0 aliphatic carbocycles. The van der Waals surface area contributed by atoms with Gasteiger partial charge < -0.3 is 4.57 Å². The predicted octanol–water partition coefficient (Wildman–Crippen LogP) is 2.60. The molecule has 7 nitrogen and oxygen atoms in total. The Bertz CT molecular complexity index is 1520. The minimum atomic E-state index is -3.99. The maximum atomic E-state index is 13.3. The summed E-state index contributed by atoms with van der Waals surface area (Å²) in [5, 5.41) is 8.70. The molecule has 3 heterocycles. The number of rotatable bonds is 3. The monoisotopic (exact) mass is 408 g/mol. The molecule has 0 aliphatic rings. The zero-order valence-electron chi connectivity index (χ0n) is 16.3. The molecule has 1 aromatic carbocycles. The number of nitrogens with zero attached hydrogens (tertiary/aromatic N) is 3. The van der Waals surface area contributed by atoms with Crippen molar-refractivity contribution in [3.05, 3.63) is 75.6 Å². The molecule has 0 bridgehead atoms. The maximum absolute atomic E-state index is 13.3. The van der Waals surface area contributed by atoms with Crippen molar-refractivity contribution in [3.8, 4) is 0 Å². The first-order chi connectivity index (χ1) is 13.8. The second-order valence-corrected chi connectivity index (χ2v) is 8.85. The van der Waals surface area contributed by atoms with Gasteiger partial charge in [-0.25, -0.2) is 13.4 Å². The quantitative estimate of drug-likeness (QED) is 0.527. The van der Waals surface area contributed by atoms with E-state index in [2.05, 4.69) is 4.98 Å². The van der Waals surface area contributed by atoms with E-state index in [1.165, 1.54) is 21.1 Å². The standard InChI is InChI=1S/C21H20N4O3S/c1-4-24-19(22)17(29(27,28)15-9-8-13(2)14(3)11-15)12-16-20(24)23-18-7-5-6-10-25(18)21(16)26/h5-12,22H,4H2,1-3H3. The molecule has 0 radical (unpaired) electrons. The van der Waals surface area contributed by atoms with Crippen molar-refractivity contribution >= 4 is 26.5 Å². The number of nitrogens with one attached hydrogen (secondary N) is 1. The highest BCUT2D eigenvalue weighted by Gasteiger charge is 2.24. The molecule has 3 aromatic heterocycles. The first-order valence-electron chi connectivity index (χ1n) is 9.17. The highest BCUT2D eigenvalue weighted by atomic mass is 32.2. The van der Waals surface area contributed by atoms with E-state index in [0.717, 1.165) is 11.1 Å². The Kier molecular flexibility index (Phi) is 4.38. The van der Waals surface area contributed by atoms with Gasteiger partial charge in [-0.1, -0.05) is 12.1 Å². The van der Waals surface area contributed by atoms with Crippen LogP contribution in [0.3, 0.4) is 0 Å². The number of hydrogen-bond donors (Lipinski definition) is 1. The van der Waals surface area contributed by atoms with Crippen LogP contribution < -0.4 is 11.0 Å². The van der Waals surface area contributed by atoms with Crippen LogP contribution in [0.5, 0.6) is 0 Å². The molecule has 0 spiro atoms. The lowest BCUT2D eigenvalue weighted by molar-refractivity contribution is 0.590. The Morgan fingerprint density at radius 1 is 1.07 bits per heavy atom. The maximum Gasteiger partial charge on any atom is 0.267 e. The van der Waals surface area contributed by atoms with Crippen molar-refractivity contribution in [2.45, 2.75) is 37.1 Å². The molecule has 0 aliphatic heterocycles. The summed E-state index contributed by atoms with van der Waals surface area (Å²) in [5.74, 6) is 0. The van der Waals surface area contributed by atoms with Crippen LogP contribution in [0.4, 0.5) is 0 Å². The van der Waals surface area contributed by atoms with Crippen molar-refractivity contribution in [1.82, 2.24) is 14.0 Å². The molecule has 0 fully saturated rings. The zero-order chi connectivity index (χ0) is 20.9. The summed E-state index contributed by atoms with van der Waals surface area (Å²) in [7, 11) is -3.99. The van der Waals surface area contributed by atoms with Gasteiger partial charge in [-0.15, -0.1) is 0 Å². The van der Waals surface area contributed by atoms with Crippen LogP contribution in [-0.4, -0.2) is 22.4 Å². The Morgan fingerprint density at radius 3 is 2.52 bits per heavy atom. The Balaban J connectivity index is 2.13. The van der Waals surface area contributed by atoms with Gasteiger partial charge in [0.1, 0.15) is 21.7 Å². The average Bonchev–Trinajstić information content (AvgIpc) is 2.70. The third kappa shape index (κ3) is 2.87. The van der Waals surface area contributed by atoms with Crippen LogP contribution in [0.2, 0.25) is 0 Å². The second kappa shape index (κ2) is 6.66. The number of aryl methyl sites for hydroxylation is 3. The summed E-state index contributed by atoms with van der Waals surface area (Å²) >= 11 is 0. The van der Waals surface area contributed by atoms with Crippen LogP contribution in [0, 0.1) is 19.3 Å². The molecular formula is C21H20N4O3S. The first-order valence-corrected chi connectivity index (χ1v) is 10.7. The van der Waals surface area contributed by atoms with Crippen LogP contribution in [-0.2, 0) is 16.4 Å². The van der Waals surface area contributed by atoms with Gasteiger partial charge in [0.15, 0.2) is 0 Å². The van der Waals surface area contributed by atoms with Gasteiger partial charge in [0.2, 0.25) is 9.84 Å². The van der Waals surface area contributed by atoms with E-state index in [-0.39, 0.29) is 26.2 Å². The van der Waals surface area contributed by atoms with Gasteiger partial charge in [-0.05, 0) is 62.2 Å². The lowest BCUT2D eigenvalue weighted by atomic mass is 10.1. The molecule has 0 atom stereocenters. The van der Waals surface area contributed by atoms with Crippen LogP contribution in [0.15, 0.2) is 63.2 Å². The summed E-state index contributed by atoms with van der Waals surface area (Å²) in [6.07, 6.45) is 1.59. The van der Waals surface area contributed by atoms with Gasteiger partial charge in [-0.2, -0.15) is 0 Å². The van der Waals surface area contributed by atoms with Crippen LogP contribution in [0.25, 0.3) is 16.7 Å². The molecule has 0 unspecified atom stereocenters. The van der Waals surface area contributed by atoms with Crippen LogP contribution >= 0.6 is 0 Å². The summed E-state index contributed by atoms with van der Waals surface area (Å²) < 4.78 is 29.5. The topological polar surface area (TPSA) is 97.3 Å². The van der Waals surface area contributed by atoms with Crippen molar-refractivity contribution in [1.29, 1.82) is 5.41 Å². The van der Waals surface area contributed by atoms with Gasteiger partial charge in [0, 0.05) is 12.7 Å². The van der Waals surface area contributed by atoms with E-state index < -0.39 is 9.84 Å². The van der Waals surface area contributed by atoms with E-state index in [0.29, 0.717) is 17.8 Å². The fourth-order valence-corrected chi connectivity index (χ4v) is 4.85. The summed E-state index contributed by atoms with van der Waals surface area (Å²) in [4.78, 5) is 17.4. The van der Waals surface area contributed by atoms with Crippen molar-refractivity contribution in [2.24, 2.45) is 0 Å². The number of fused-ring (bicyclic) bond motifs is 2. The van der Waals surface area contributed by atoms with Gasteiger partial charge in [-0.3, -0.25) is 14.6 Å². The summed E-state index contributed by atoms with van der Waals surface area (Å²) in [6.45, 7) is 5.84. The number of sulfone groups is 1. The van der Waals surface area contributed by atoms with E-state index in [4.69, 9.17) is 5.41 Å². The van der Waals surface area contributed by atoms with E-state index >= 15 is 0 Å². The molecular weight excluding hydrogens is 388 g/mol. The van der Waals surface area contributed by atoms with Crippen LogP contribution in [0.1, 0.15) is 18.1 Å². The fourth-order valence-electron chi connectivity index (χ4n) is 3.38. The minimum Gasteiger partial charge on any atom is -0.310 e. The van der Waals surface area contributed by atoms with E-state index in [1.54, 1.807) is 43.5 Å². The molecule has 4 aromatic rings. The zero-order valence-corrected chi connectivity index (χ0v) is 17.1. The highest BCUT2D eigenvalue weighted by Crippen LogP contribution is 2.22. The number of pyridine rings is 2. The molecule has 148 valence electrons. The first kappa shape index (κ1) is 19.1. The SMILES string of the molecule is CCn1c(=N)c(S(=O)(=O)c2ccc(C)c(C)c2)cc2c(=O)n3ccccc3nc21. The smallest absolute Gasteiger partial charge is 0.267 e. The van der Waals surface area contributed by atoms with Gasteiger partial charge in [0.05, 0.1) is 10.3 Å². The van der Waals surface area contributed by atoms with Gasteiger partial charge in [0.25, 0.3) is 5.56 Å². The molecule has 1 N–H and O–H groups in total. The van der Waals surface area contributed by atoms with E-state index in [9.17, 15) is 13.2 Å². The number of hydrogen-bond acceptors (Lipinski definition) is 5. The summed E-state index contributed by atoms with van der Waals surface area (Å²) in [6, 6.07) is 11.3. The highest BCUT2D eigenvalue weighted by molar-refractivity contribution is 7.91. The third-order valence-electron chi connectivity index (χ3n) is 5.18. The minimum absolute atomic E-state index is 0.102. The van der Waals surface area contributed by atoms with Crippen molar-refractivity contribution < 1.29 is 8.42 Å². The normalized spacial score (nSPS) is 12.0. The molecule has 0 saturated heterocycles. The van der Waals surface area contributed by atoms with Crippen molar-refractivity contribution in [3.63, 3.8) is 0 Å². The molecule has 4 rings (SSSR count). The predicted molar refractivity (Wildman–Crippen MR) is 110 cm³/mol. The largest absolute Gasteiger partial charge is 0.310 e. The molecule has 8 heteroatoms. The Morgan fingerprint density at radius 2 is 1.83 bits per heavy atom. The Labute approximate surface area is 167 Å². The fraction of sp³-hybridized carbons (Fsp3) is 0.190. The molecule has 29 heavy (non-hydrogen) atoms. The average molecular weight is 408 g/mol. The van der Waals surface area contributed by atoms with Crippen molar-refractivity contribution in [2.75, 3.05) is 0 Å². The Hall–Kier alpha value is -3.26. The molecule has 0 saturated carbocycles. The van der Waals surface area contributed by atoms with Gasteiger partial charge >= 0.3 is 0 Å². The number of aromatic nitrogens is 3. The molecule has 0 amide bonds.